The largest absolute Gasteiger partial charge is 0.383 e. The number of aromatic nitrogens is 5. The molecule has 7 nitrogen and oxygen atoms in total. The van der Waals surface area contributed by atoms with Crippen LogP contribution in [-0.4, -0.2) is 30.5 Å². The van der Waals surface area contributed by atoms with Crippen LogP contribution in [0.15, 0.2) is 65.5 Å². The van der Waals surface area contributed by atoms with Gasteiger partial charge in [-0.25, -0.2) is 9.67 Å². The number of hydrogen-bond acceptors (Lipinski definition) is 5. The zero-order valence-electron chi connectivity index (χ0n) is 17.1. The number of aryl methyl sites for hydroxylation is 1. The molecule has 0 atom stereocenters. The first-order valence-corrected chi connectivity index (χ1v) is 11.0. The molecule has 0 saturated heterocycles. The number of benzene rings is 2. The Balaban J connectivity index is 1.36. The number of ketones is 1. The highest BCUT2D eigenvalue weighted by Gasteiger charge is 2.20. The lowest BCUT2D eigenvalue weighted by Gasteiger charge is -2.05. The van der Waals surface area contributed by atoms with Gasteiger partial charge in [0.25, 0.3) is 0 Å². The zero-order chi connectivity index (χ0) is 21.8. The molecule has 0 aliphatic carbocycles. The Labute approximate surface area is 186 Å². The van der Waals surface area contributed by atoms with E-state index in [2.05, 4.69) is 49.0 Å². The lowest BCUT2D eigenvalue weighted by atomic mass is 10.1. The molecule has 156 valence electrons. The monoisotopic (exact) mass is 438 g/mol. The lowest BCUT2D eigenvalue weighted by molar-refractivity contribution is 0.103. The number of H-pyrrole nitrogens is 2. The molecule has 32 heavy (non-hydrogen) atoms. The number of thiophene rings is 1. The number of nitrogens with two attached hydrogens (primary N) is 1. The Morgan fingerprint density at radius 1 is 1.03 bits per heavy atom. The third kappa shape index (κ3) is 2.92. The average molecular weight is 439 g/mol. The minimum Gasteiger partial charge on any atom is -0.383 e. The van der Waals surface area contributed by atoms with Gasteiger partial charge < -0.3 is 15.7 Å². The van der Waals surface area contributed by atoms with Gasteiger partial charge in [0.05, 0.1) is 34.2 Å². The second-order valence-electron chi connectivity index (χ2n) is 7.71. The van der Waals surface area contributed by atoms with Gasteiger partial charge in [0.15, 0.2) is 0 Å². The first-order chi connectivity index (χ1) is 15.6. The van der Waals surface area contributed by atoms with Crippen LogP contribution < -0.4 is 5.73 Å². The van der Waals surface area contributed by atoms with Crippen LogP contribution in [0.25, 0.3) is 38.8 Å². The molecule has 4 aromatic heterocycles. The van der Waals surface area contributed by atoms with Gasteiger partial charge in [-0.2, -0.15) is 16.4 Å². The fourth-order valence-corrected chi connectivity index (χ4v) is 4.66. The van der Waals surface area contributed by atoms with Gasteiger partial charge >= 0.3 is 0 Å². The molecule has 0 aliphatic heterocycles. The van der Waals surface area contributed by atoms with Gasteiger partial charge in [-0.05, 0) is 65.2 Å². The van der Waals surface area contributed by atoms with Crippen molar-refractivity contribution in [2.45, 2.75) is 6.92 Å². The van der Waals surface area contributed by atoms with Crippen molar-refractivity contribution in [1.82, 2.24) is 24.7 Å². The first-order valence-electron chi connectivity index (χ1n) is 10.1. The van der Waals surface area contributed by atoms with Crippen molar-refractivity contribution < 1.29 is 4.79 Å². The summed E-state index contributed by atoms with van der Waals surface area (Å²) >= 11 is 1.66. The van der Waals surface area contributed by atoms with E-state index < -0.39 is 0 Å². The first kappa shape index (κ1) is 18.6. The summed E-state index contributed by atoms with van der Waals surface area (Å²) < 4.78 is 1.56. The number of fused-ring (bicyclic) bond motifs is 2. The number of imidazole rings is 1. The number of carbonyl (C=O) groups is 1. The predicted molar refractivity (Wildman–Crippen MR) is 127 cm³/mol. The topological polar surface area (TPSA) is 105 Å². The van der Waals surface area contributed by atoms with E-state index in [1.165, 1.54) is 6.20 Å². The molecule has 8 heteroatoms. The number of hydrogen-bond donors (Lipinski definition) is 3. The molecule has 0 amide bonds. The van der Waals surface area contributed by atoms with Crippen LogP contribution in [0.4, 0.5) is 5.82 Å². The van der Waals surface area contributed by atoms with E-state index in [9.17, 15) is 4.79 Å². The minimum atomic E-state index is -0.196. The summed E-state index contributed by atoms with van der Waals surface area (Å²) in [5.41, 5.74) is 12.9. The van der Waals surface area contributed by atoms with Gasteiger partial charge in [-0.15, -0.1) is 0 Å². The van der Waals surface area contributed by atoms with Crippen molar-refractivity contribution in [2.75, 3.05) is 5.73 Å². The van der Waals surface area contributed by atoms with Gasteiger partial charge in [-0.3, -0.25) is 4.79 Å². The van der Waals surface area contributed by atoms with Gasteiger partial charge in [0, 0.05) is 10.9 Å². The average Bonchev–Trinajstić information content (AvgIpc) is 3.57. The third-order valence-electron chi connectivity index (χ3n) is 5.60. The fourth-order valence-electron chi connectivity index (χ4n) is 3.99. The highest BCUT2D eigenvalue weighted by molar-refractivity contribution is 7.08. The van der Waals surface area contributed by atoms with Crippen LogP contribution in [0.2, 0.25) is 0 Å². The number of carbonyl (C=O) groups excluding carboxylic acids is 1. The molecule has 0 radical (unpaired) electrons. The van der Waals surface area contributed by atoms with Crippen LogP contribution in [-0.2, 0) is 0 Å². The van der Waals surface area contributed by atoms with E-state index in [0.717, 1.165) is 44.6 Å². The second-order valence-corrected chi connectivity index (χ2v) is 8.49. The third-order valence-corrected chi connectivity index (χ3v) is 6.29. The summed E-state index contributed by atoms with van der Waals surface area (Å²) in [6, 6.07) is 15.8. The number of aromatic amines is 2. The molecule has 0 spiro atoms. The van der Waals surface area contributed by atoms with E-state index in [4.69, 9.17) is 5.73 Å². The van der Waals surface area contributed by atoms with Gasteiger partial charge in [0.2, 0.25) is 5.78 Å². The molecular weight excluding hydrogens is 420 g/mol. The molecule has 0 bridgehead atoms. The van der Waals surface area contributed by atoms with Gasteiger partial charge in [0.1, 0.15) is 11.6 Å². The summed E-state index contributed by atoms with van der Waals surface area (Å²) in [5.74, 6) is 0.931. The van der Waals surface area contributed by atoms with Crippen molar-refractivity contribution in [3.05, 3.63) is 82.6 Å². The van der Waals surface area contributed by atoms with E-state index in [0.29, 0.717) is 17.1 Å². The van der Waals surface area contributed by atoms with E-state index in [1.807, 2.05) is 37.3 Å². The molecule has 6 aromatic rings. The molecule has 0 aliphatic rings. The summed E-state index contributed by atoms with van der Waals surface area (Å²) in [6.07, 6.45) is 1.51. The number of nitrogens with one attached hydrogen (secondary N) is 2. The number of nitrogen functional groups attached to an aromatic ring is 1. The molecule has 4 N–H and O–H groups in total. The molecule has 6 rings (SSSR count). The lowest BCUT2D eigenvalue weighted by Crippen LogP contribution is -2.07. The number of rotatable bonds is 4. The van der Waals surface area contributed by atoms with Crippen LogP contribution in [0.3, 0.4) is 0 Å². The van der Waals surface area contributed by atoms with E-state index in [-0.39, 0.29) is 5.78 Å². The molecule has 0 unspecified atom stereocenters. The van der Waals surface area contributed by atoms with E-state index in [1.54, 1.807) is 16.0 Å². The SMILES string of the molecule is Cc1nc2cc(-n3ncc(C(=O)c4cc5ccc(-c6ccsc6)cc5[nH]4)c3N)ccc2[nH]1. The number of anilines is 1. The Kier molecular flexibility index (Phi) is 4.02. The highest BCUT2D eigenvalue weighted by Crippen LogP contribution is 2.28. The summed E-state index contributed by atoms with van der Waals surface area (Å²) in [7, 11) is 0. The Bertz CT molecular complexity index is 1620. The summed E-state index contributed by atoms with van der Waals surface area (Å²) in [4.78, 5) is 24.1. The standard InChI is InChI=1S/C24H18N6OS/c1-13-27-19-5-4-17(10-21(19)28-13)30-24(25)18(11-26-30)23(31)22-9-15-3-2-14(8-20(15)29-22)16-6-7-32-12-16/h2-12,29H,25H2,1H3,(H,27,28). The molecule has 0 saturated carbocycles. The van der Waals surface area contributed by atoms with Crippen LogP contribution in [0.5, 0.6) is 0 Å². The van der Waals surface area contributed by atoms with Crippen molar-refractivity contribution in [1.29, 1.82) is 0 Å². The quantitative estimate of drug-likeness (QED) is 0.334. The zero-order valence-corrected chi connectivity index (χ0v) is 17.9. The maximum Gasteiger partial charge on any atom is 0.214 e. The minimum absolute atomic E-state index is 0.196. The summed E-state index contributed by atoms with van der Waals surface area (Å²) in [5, 5.41) is 9.49. The van der Waals surface area contributed by atoms with Crippen molar-refractivity contribution in [3.8, 4) is 16.8 Å². The molecule has 0 fully saturated rings. The van der Waals surface area contributed by atoms with Crippen molar-refractivity contribution >= 4 is 44.9 Å². The van der Waals surface area contributed by atoms with Crippen molar-refractivity contribution in [3.63, 3.8) is 0 Å². The summed E-state index contributed by atoms with van der Waals surface area (Å²) in [6.45, 7) is 1.91. The normalized spacial score (nSPS) is 11.5. The molecule has 2 aromatic carbocycles. The Morgan fingerprint density at radius 3 is 2.78 bits per heavy atom. The maximum atomic E-state index is 13.2. The highest BCUT2D eigenvalue weighted by atomic mass is 32.1. The smallest absolute Gasteiger partial charge is 0.214 e. The Morgan fingerprint density at radius 2 is 1.94 bits per heavy atom. The number of nitrogens with zero attached hydrogens (tertiary/aromatic N) is 3. The van der Waals surface area contributed by atoms with Crippen LogP contribution >= 0.6 is 11.3 Å². The Hall–Kier alpha value is -4.17. The maximum absolute atomic E-state index is 13.2. The predicted octanol–water partition coefficient (Wildman–Crippen LogP) is 5.08. The molecule has 4 heterocycles. The fraction of sp³-hybridized carbons (Fsp3) is 0.0417. The van der Waals surface area contributed by atoms with Crippen molar-refractivity contribution in [2.24, 2.45) is 0 Å². The van der Waals surface area contributed by atoms with Gasteiger partial charge in [-0.1, -0.05) is 12.1 Å². The van der Waals surface area contributed by atoms with Crippen LogP contribution in [0.1, 0.15) is 21.9 Å². The second kappa shape index (κ2) is 6.93. The van der Waals surface area contributed by atoms with E-state index >= 15 is 0 Å². The van der Waals surface area contributed by atoms with Crippen LogP contribution in [0, 0.1) is 6.92 Å². The molecular formula is C24H18N6OS.